The first-order chi connectivity index (χ1) is 8.49. The van der Waals surface area contributed by atoms with Gasteiger partial charge in [0.25, 0.3) is 0 Å². The monoisotopic (exact) mass is 268 g/mol. The van der Waals surface area contributed by atoms with Gasteiger partial charge in [0.1, 0.15) is 11.5 Å². The summed E-state index contributed by atoms with van der Waals surface area (Å²) in [6.07, 6.45) is 0. The first-order valence-electron chi connectivity index (χ1n) is 5.66. The van der Waals surface area contributed by atoms with Crippen molar-refractivity contribution in [2.45, 2.75) is 19.9 Å². The van der Waals surface area contributed by atoms with Gasteiger partial charge in [-0.2, -0.15) is 0 Å². The fourth-order valence-electron chi connectivity index (χ4n) is 1.57. The van der Waals surface area contributed by atoms with Crippen molar-refractivity contribution < 1.29 is 8.91 Å². The van der Waals surface area contributed by atoms with Gasteiger partial charge in [-0.3, -0.25) is 0 Å². The fourth-order valence-corrected chi connectivity index (χ4v) is 1.75. The summed E-state index contributed by atoms with van der Waals surface area (Å²) in [6.45, 7) is 4.00. The van der Waals surface area contributed by atoms with Crippen LogP contribution in [-0.4, -0.2) is 5.16 Å². The fraction of sp³-hybridized carbons (Fsp3) is 0.308. The number of hydrogen-bond acceptors (Lipinski definition) is 3. The average molecular weight is 269 g/mol. The van der Waals surface area contributed by atoms with Gasteiger partial charge in [0.05, 0.1) is 11.1 Å². The van der Waals surface area contributed by atoms with Crippen LogP contribution in [0.25, 0.3) is 11.3 Å². The van der Waals surface area contributed by atoms with Crippen LogP contribution in [0.1, 0.15) is 25.6 Å². The largest absolute Gasteiger partial charge is 0.359 e. The van der Waals surface area contributed by atoms with Crippen molar-refractivity contribution in [3.05, 3.63) is 40.9 Å². The van der Waals surface area contributed by atoms with E-state index in [9.17, 15) is 4.39 Å². The Kier molecular flexibility index (Phi) is 3.68. The van der Waals surface area contributed by atoms with E-state index in [1.54, 1.807) is 12.1 Å². The zero-order chi connectivity index (χ0) is 13.3. The van der Waals surface area contributed by atoms with Gasteiger partial charge in [-0.15, -0.1) is 0 Å². The highest BCUT2D eigenvalue weighted by atomic mass is 35.5. The lowest BCUT2D eigenvalue weighted by atomic mass is 10.0. The molecule has 0 aliphatic carbocycles. The Morgan fingerprint density at radius 2 is 2.06 bits per heavy atom. The smallest absolute Gasteiger partial charge is 0.154 e. The van der Waals surface area contributed by atoms with Gasteiger partial charge in [-0.05, 0) is 24.1 Å². The van der Waals surface area contributed by atoms with E-state index >= 15 is 0 Å². The van der Waals surface area contributed by atoms with Gasteiger partial charge in [0.2, 0.25) is 0 Å². The van der Waals surface area contributed by atoms with Crippen LogP contribution >= 0.6 is 11.6 Å². The van der Waals surface area contributed by atoms with Crippen molar-refractivity contribution in [2.75, 3.05) is 0 Å². The first kappa shape index (κ1) is 13.1. The minimum absolute atomic E-state index is 0.0604. The molecule has 0 saturated carbocycles. The Labute approximate surface area is 110 Å². The Balaban J connectivity index is 2.32. The van der Waals surface area contributed by atoms with Crippen LogP contribution in [0.3, 0.4) is 0 Å². The van der Waals surface area contributed by atoms with Gasteiger partial charge in [-0.1, -0.05) is 30.6 Å². The van der Waals surface area contributed by atoms with Gasteiger partial charge in [0, 0.05) is 11.6 Å². The number of benzene rings is 1. The van der Waals surface area contributed by atoms with E-state index in [2.05, 4.69) is 5.16 Å². The predicted molar refractivity (Wildman–Crippen MR) is 68.7 cm³/mol. The van der Waals surface area contributed by atoms with E-state index in [1.807, 2.05) is 13.8 Å². The molecule has 0 saturated heterocycles. The molecule has 2 N–H and O–H groups in total. The zero-order valence-electron chi connectivity index (χ0n) is 10.2. The first-order valence-corrected chi connectivity index (χ1v) is 6.04. The van der Waals surface area contributed by atoms with Crippen molar-refractivity contribution in [1.29, 1.82) is 0 Å². The van der Waals surface area contributed by atoms with E-state index in [0.717, 1.165) is 0 Å². The molecule has 3 nitrogen and oxygen atoms in total. The second-order valence-electron chi connectivity index (χ2n) is 4.51. The molecule has 1 heterocycles. The number of nitrogens with two attached hydrogens (primary N) is 1. The molecule has 1 unspecified atom stereocenters. The molecule has 2 rings (SSSR count). The molecule has 0 fully saturated rings. The lowest BCUT2D eigenvalue weighted by molar-refractivity contribution is 0.333. The van der Waals surface area contributed by atoms with E-state index in [1.165, 1.54) is 12.1 Å². The topological polar surface area (TPSA) is 52.0 Å². The molecular formula is C13H14ClFN2O. The SMILES string of the molecule is CC(C)C(N)c1cc(-c2ccc(F)c(Cl)c2)no1. The minimum Gasteiger partial charge on any atom is -0.359 e. The van der Waals surface area contributed by atoms with Gasteiger partial charge in [-0.25, -0.2) is 4.39 Å². The van der Waals surface area contributed by atoms with Crippen molar-refractivity contribution in [1.82, 2.24) is 5.16 Å². The highest BCUT2D eigenvalue weighted by Crippen LogP contribution is 2.27. The van der Waals surface area contributed by atoms with Gasteiger partial charge >= 0.3 is 0 Å². The van der Waals surface area contributed by atoms with E-state index in [0.29, 0.717) is 17.0 Å². The van der Waals surface area contributed by atoms with E-state index < -0.39 is 5.82 Å². The summed E-state index contributed by atoms with van der Waals surface area (Å²) in [6, 6.07) is 5.97. The molecule has 1 atom stereocenters. The molecule has 0 aliphatic heterocycles. The summed E-state index contributed by atoms with van der Waals surface area (Å²) in [7, 11) is 0. The normalized spacial score (nSPS) is 13.0. The summed E-state index contributed by atoms with van der Waals surface area (Å²) in [5.74, 6) is 0.408. The molecule has 18 heavy (non-hydrogen) atoms. The summed E-state index contributed by atoms with van der Waals surface area (Å²) in [5.41, 5.74) is 7.26. The number of rotatable bonds is 3. The standard InChI is InChI=1S/C13H14ClFN2O/c1-7(2)13(16)12-6-11(17-18-12)8-3-4-10(15)9(14)5-8/h3-7,13H,16H2,1-2H3. The molecule has 0 radical (unpaired) electrons. The highest BCUT2D eigenvalue weighted by molar-refractivity contribution is 6.31. The van der Waals surface area contributed by atoms with Crippen molar-refractivity contribution >= 4 is 11.6 Å². The third-order valence-corrected chi connectivity index (χ3v) is 3.08. The quantitative estimate of drug-likeness (QED) is 0.921. The predicted octanol–water partition coefficient (Wildman–Crippen LogP) is 3.79. The maximum atomic E-state index is 13.1. The molecule has 5 heteroatoms. The summed E-state index contributed by atoms with van der Waals surface area (Å²) in [4.78, 5) is 0. The number of aromatic nitrogens is 1. The summed E-state index contributed by atoms with van der Waals surface area (Å²) < 4.78 is 18.3. The molecule has 0 spiro atoms. The Hall–Kier alpha value is -1.39. The maximum absolute atomic E-state index is 13.1. The van der Waals surface area contributed by atoms with Crippen LogP contribution in [0.15, 0.2) is 28.8 Å². The molecular weight excluding hydrogens is 255 g/mol. The Morgan fingerprint density at radius 1 is 1.33 bits per heavy atom. The van der Waals surface area contributed by atoms with E-state index in [-0.39, 0.29) is 17.0 Å². The lowest BCUT2D eigenvalue weighted by Crippen LogP contribution is -2.15. The number of halogens is 2. The highest BCUT2D eigenvalue weighted by Gasteiger charge is 2.17. The molecule has 0 aliphatic rings. The average Bonchev–Trinajstić information content (AvgIpc) is 2.81. The van der Waals surface area contributed by atoms with E-state index in [4.69, 9.17) is 21.9 Å². The summed E-state index contributed by atoms with van der Waals surface area (Å²) in [5, 5.41) is 3.98. The molecule has 96 valence electrons. The van der Waals surface area contributed by atoms with Gasteiger partial charge in [0.15, 0.2) is 5.76 Å². The zero-order valence-corrected chi connectivity index (χ0v) is 10.9. The Morgan fingerprint density at radius 3 is 2.67 bits per heavy atom. The third kappa shape index (κ3) is 2.54. The molecule has 1 aromatic carbocycles. The van der Waals surface area contributed by atoms with Crippen molar-refractivity contribution in [3.8, 4) is 11.3 Å². The minimum atomic E-state index is -0.456. The summed E-state index contributed by atoms with van der Waals surface area (Å²) >= 11 is 5.73. The van der Waals surface area contributed by atoms with Crippen LogP contribution < -0.4 is 5.73 Å². The third-order valence-electron chi connectivity index (χ3n) is 2.79. The van der Waals surface area contributed by atoms with Crippen LogP contribution in [0, 0.1) is 11.7 Å². The van der Waals surface area contributed by atoms with Crippen LogP contribution in [0.2, 0.25) is 5.02 Å². The number of hydrogen-bond donors (Lipinski definition) is 1. The lowest BCUT2D eigenvalue weighted by Gasteiger charge is -2.10. The van der Waals surface area contributed by atoms with Crippen LogP contribution in [0.4, 0.5) is 4.39 Å². The van der Waals surface area contributed by atoms with Gasteiger partial charge < -0.3 is 10.3 Å². The van der Waals surface area contributed by atoms with Crippen LogP contribution in [-0.2, 0) is 0 Å². The maximum Gasteiger partial charge on any atom is 0.154 e. The van der Waals surface area contributed by atoms with Crippen molar-refractivity contribution in [3.63, 3.8) is 0 Å². The second-order valence-corrected chi connectivity index (χ2v) is 4.92. The number of nitrogens with zero attached hydrogens (tertiary/aromatic N) is 1. The molecule has 0 amide bonds. The van der Waals surface area contributed by atoms with Crippen molar-refractivity contribution in [2.24, 2.45) is 11.7 Å². The molecule has 1 aromatic heterocycles. The molecule has 0 bridgehead atoms. The Bertz CT molecular complexity index is 554. The van der Waals surface area contributed by atoms with Crippen LogP contribution in [0.5, 0.6) is 0 Å². The molecule has 2 aromatic rings. The second kappa shape index (κ2) is 5.08.